The molecule has 0 radical (unpaired) electrons. The van der Waals surface area contributed by atoms with E-state index < -0.39 is 6.10 Å². The van der Waals surface area contributed by atoms with Crippen molar-refractivity contribution in [3.63, 3.8) is 0 Å². The number of hydrogen-bond acceptors (Lipinski definition) is 5. The van der Waals surface area contributed by atoms with E-state index in [0.29, 0.717) is 38.4 Å². The molecule has 2 aromatic rings. The molecule has 142 valence electrons. The second-order valence-corrected chi connectivity index (χ2v) is 6.83. The van der Waals surface area contributed by atoms with Gasteiger partial charge in [0.1, 0.15) is 5.69 Å². The molecular weight excluding hydrogens is 334 g/mol. The minimum absolute atomic E-state index is 0.0165. The van der Waals surface area contributed by atoms with E-state index in [9.17, 15) is 9.90 Å². The predicted octanol–water partition coefficient (Wildman–Crippen LogP) is -0.0831. The van der Waals surface area contributed by atoms with Crippen molar-refractivity contribution in [2.45, 2.75) is 19.1 Å². The lowest BCUT2D eigenvalue weighted by Gasteiger charge is -2.27. The maximum atomic E-state index is 12.8. The monoisotopic (exact) mass is 361 g/mol. The van der Waals surface area contributed by atoms with Crippen LogP contribution in [0.3, 0.4) is 0 Å². The molecule has 0 saturated heterocycles. The van der Waals surface area contributed by atoms with E-state index in [0.717, 1.165) is 22.9 Å². The number of fused-ring (bicyclic) bond motifs is 3. The maximum Gasteiger partial charge on any atom is 0.270 e. The summed E-state index contributed by atoms with van der Waals surface area (Å²) in [7, 11) is 1.80. The van der Waals surface area contributed by atoms with E-state index in [-0.39, 0.29) is 19.1 Å². The molecule has 1 aliphatic heterocycles. The van der Waals surface area contributed by atoms with Crippen molar-refractivity contribution >= 4 is 16.8 Å². The Labute approximate surface area is 153 Å². The molecule has 0 unspecified atom stereocenters. The fraction of sp³-hybridized carbons (Fsp3) is 0.526. The number of amides is 1. The number of para-hydroxylation sites is 1. The van der Waals surface area contributed by atoms with Crippen LogP contribution in [0.5, 0.6) is 0 Å². The van der Waals surface area contributed by atoms with E-state index in [1.54, 1.807) is 11.9 Å². The summed E-state index contributed by atoms with van der Waals surface area (Å²) in [6.07, 6.45) is 0.0931. The van der Waals surface area contributed by atoms with Gasteiger partial charge in [-0.15, -0.1) is 0 Å². The van der Waals surface area contributed by atoms with Gasteiger partial charge in [-0.1, -0.05) is 18.2 Å². The van der Waals surface area contributed by atoms with Crippen LogP contribution in [0.1, 0.15) is 16.1 Å². The molecule has 1 amide bonds. The lowest BCUT2D eigenvalue weighted by Crippen LogP contribution is -2.40. The average Bonchev–Trinajstić information content (AvgIpc) is 2.93. The van der Waals surface area contributed by atoms with Gasteiger partial charge in [-0.3, -0.25) is 9.69 Å². The fourth-order valence-electron chi connectivity index (χ4n) is 3.77. The Morgan fingerprint density at radius 3 is 2.58 bits per heavy atom. The van der Waals surface area contributed by atoms with Crippen LogP contribution in [0.4, 0.5) is 0 Å². The van der Waals surface area contributed by atoms with Gasteiger partial charge in [0, 0.05) is 44.1 Å². The Balaban J connectivity index is 1.91. The third-order valence-corrected chi connectivity index (χ3v) is 5.02. The smallest absolute Gasteiger partial charge is 0.270 e. The van der Waals surface area contributed by atoms with Gasteiger partial charge >= 0.3 is 0 Å². The summed E-state index contributed by atoms with van der Waals surface area (Å²) in [5.74, 6) is -0.0165. The molecule has 0 aliphatic carbocycles. The minimum atomic E-state index is -0.715. The highest BCUT2D eigenvalue weighted by molar-refractivity contribution is 6.02. The fourth-order valence-corrected chi connectivity index (χ4v) is 3.77. The van der Waals surface area contributed by atoms with Crippen LogP contribution in [0.2, 0.25) is 0 Å². The number of nitrogens with zero attached hydrogens (tertiary/aromatic N) is 3. The zero-order valence-electron chi connectivity index (χ0n) is 15.1. The lowest BCUT2D eigenvalue weighted by atomic mass is 10.0. The van der Waals surface area contributed by atoms with Crippen molar-refractivity contribution in [2.24, 2.45) is 0 Å². The van der Waals surface area contributed by atoms with Crippen LogP contribution in [-0.4, -0.2) is 88.1 Å². The highest BCUT2D eigenvalue weighted by Gasteiger charge is 2.29. The zero-order valence-corrected chi connectivity index (χ0v) is 15.1. The third-order valence-electron chi connectivity index (χ3n) is 5.02. The van der Waals surface area contributed by atoms with Crippen LogP contribution >= 0.6 is 0 Å². The van der Waals surface area contributed by atoms with Crippen molar-refractivity contribution in [1.29, 1.82) is 0 Å². The zero-order chi connectivity index (χ0) is 18.7. The van der Waals surface area contributed by atoms with E-state index >= 15 is 0 Å². The normalized spacial score (nSPS) is 15.7. The number of likely N-dealkylation sites (N-methyl/N-ethyl adjacent to an activating group) is 1. The van der Waals surface area contributed by atoms with Gasteiger partial charge < -0.3 is 24.8 Å². The Morgan fingerprint density at radius 1 is 1.19 bits per heavy atom. The molecule has 3 N–H and O–H groups in total. The first-order chi connectivity index (χ1) is 12.6. The number of aliphatic hydroxyl groups excluding tert-OH is 3. The van der Waals surface area contributed by atoms with Crippen molar-refractivity contribution in [3.8, 4) is 0 Å². The molecule has 26 heavy (non-hydrogen) atoms. The number of aliphatic hydroxyl groups is 3. The number of carbonyl (C=O) groups excluding carboxylic acids is 1. The predicted molar refractivity (Wildman–Crippen MR) is 99.2 cm³/mol. The molecule has 0 fully saturated rings. The second-order valence-electron chi connectivity index (χ2n) is 6.83. The van der Waals surface area contributed by atoms with Gasteiger partial charge in [0.2, 0.25) is 0 Å². The highest BCUT2D eigenvalue weighted by atomic mass is 16.3. The summed E-state index contributed by atoms with van der Waals surface area (Å²) in [4.78, 5) is 16.3. The highest BCUT2D eigenvalue weighted by Crippen LogP contribution is 2.30. The molecular formula is C19H27N3O4. The number of benzene rings is 1. The summed E-state index contributed by atoms with van der Waals surface area (Å²) in [6.45, 7) is 2.04. The summed E-state index contributed by atoms with van der Waals surface area (Å²) in [6, 6.07) is 7.91. The first-order valence-corrected chi connectivity index (χ1v) is 9.04. The summed E-state index contributed by atoms with van der Waals surface area (Å²) >= 11 is 0. The van der Waals surface area contributed by atoms with Crippen LogP contribution in [0.15, 0.2) is 24.3 Å². The molecule has 1 aromatic carbocycles. The molecule has 3 rings (SSSR count). The lowest BCUT2D eigenvalue weighted by molar-refractivity contribution is 0.0719. The van der Waals surface area contributed by atoms with Crippen molar-refractivity contribution < 1.29 is 20.1 Å². The van der Waals surface area contributed by atoms with Crippen LogP contribution in [-0.2, 0) is 13.0 Å². The Hall–Kier alpha value is -1.93. The second kappa shape index (κ2) is 8.18. The molecule has 1 atom stereocenters. The van der Waals surface area contributed by atoms with Gasteiger partial charge in [0.15, 0.2) is 0 Å². The average molecular weight is 361 g/mol. The Kier molecular flexibility index (Phi) is 5.93. The van der Waals surface area contributed by atoms with E-state index in [4.69, 9.17) is 10.2 Å². The molecule has 1 aliphatic rings. The van der Waals surface area contributed by atoms with E-state index in [1.807, 2.05) is 33.7 Å². The number of carbonyl (C=O) groups is 1. The van der Waals surface area contributed by atoms with Crippen LogP contribution in [0.25, 0.3) is 10.9 Å². The van der Waals surface area contributed by atoms with Crippen molar-refractivity contribution in [2.75, 3.05) is 46.4 Å². The topological polar surface area (TPSA) is 89.2 Å². The quantitative estimate of drug-likeness (QED) is 0.612. The van der Waals surface area contributed by atoms with E-state index in [1.165, 1.54) is 0 Å². The van der Waals surface area contributed by atoms with Gasteiger partial charge in [-0.25, -0.2) is 0 Å². The van der Waals surface area contributed by atoms with Gasteiger partial charge in [-0.2, -0.15) is 0 Å². The SMILES string of the molecule is CN1CCc2c(n(C[C@H](O)CN(CCO)CCO)c3ccccc23)C1=O. The first kappa shape index (κ1) is 18.8. The maximum absolute atomic E-state index is 12.8. The Bertz CT molecular complexity index is 767. The number of rotatable bonds is 8. The minimum Gasteiger partial charge on any atom is -0.395 e. The van der Waals surface area contributed by atoms with E-state index in [2.05, 4.69) is 0 Å². The number of aromatic nitrogens is 1. The standard InChI is InChI=1S/C19H27N3O4/c1-20-7-6-16-15-4-2-3-5-17(15)22(18(16)19(20)26)13-14(25)12-21(8-10-23)9-11-24/h2-5,14,23-25H,6-13H2,1H3/t14-/m1/s1. The summed E-state index contributed by atoms with van der Waals surface area (Å²) in [5, 5.41) is 29.9. The van der Waals surface area contributed by atoms with Gasteiger partial charge in [-0.05, 0) is 18.1 Å². The molecule has 0 saturated carbocycles. The first-order valence-electron chi connectivity index (χ1n) is 9.04. The Morgan fingerprint density at radius 2 is 1.88 bits per heavy atom. The van der Waals surface area contributed by atoms with Crippen LogP contribution in [0, 0.1) is 0 Å². The molecule has 7 heteroatoms. The van der Waals surface area contributed by atoms with Crippen molar-refractivity contribution in [1.82, 2.24) is 14.4 Å². The molecule has 2 heterocycles. The van der Waals surface area contributed by atoms with Crippen LogP contribution < -0.4 is 0 Å². The third kappa shape index (κ3) is 3.61. The summed E-state index contributed by atoms with van der Waals surface area (Å²) in [5.41, 5.74) is 2.67. The molecule has 1 aromatic heterocycles. The van der Waals surface area contributed by atoms with Gasteiger partial charge in [0.05, 0.1) is 25.9 Å². The number of hydrogen-bond donors (Lipinski definition) is 3. The largest absolute Gasteiger partial charge is 0.395 e. The van der Waals surface area contributed by atoms with Gasteiger partial charge in [0.25, 0.3) is 5.91 Å². The molecule has 0 spiro atoms. The van der Waals surface area contributed by atoms with Crippen molar-refractivity contribution in [3.05, 3.63) is 35.5 Å². The molecule has 7 nitrogen and oxygen atoms in total. The summed E-state index contributed by atoms with van der Waals surface area (Å²) < 4.78 is 1.92. The molecule has 0 bridgehead atoms.